The lowest BCUT2D eigenvalue weighted by Crippen LogP contribution is -2.50. The molecule has 5 rings (SSSR count). The van der Waals surface area contributed by atoms with Gasteiger partial charge in [0.15, 0.2) is 12.1 Å². The van der Waals surface area contributed by atoms with E-state index in [1.165, 1.54) is 6.39 Å². The molecule has 4 heterocycles. The molecule has 2 amide bonds. The lowest BCUT2D eigenvalue weighted by Gasteiger charge is -2.43. The number of aromatic nitrogens is 3. The topological polar surface area (TPSA) is 102 Å². The molecule has 2 aromatic rings. The second kappa shape index (κ2) is 6.69. The molecule has 1 N–H and O–H groups in total. The van der Waals surface area contributed by atoms with Gasteiger partial charge < -0.3 is 19.4 Å². The van der Waals surface area contributed by atoms with Gasteiger partial charge >= 0.3 is 0 Å². The first-order valence-corrected chi connectivity index (χ1v) is 10.1. The Morgan fingerprint density at radius 2 is 2.03 bits per heavy atom. The van der Waals surface area contributed by atoms with Crippen LogP contribution in [0, 0.1) is 6.92 Å². The van der Waals surface area contributed by atoms with Crippen molar-refractivity contribution in [2.75, 3.05) is 13.1 Å². The number of oxazole rings is 1. The Kier molecular flexibility index (Phi) is 4.23. The third-order valence-electron chi connectivity index (χ3n) is 6.32. The monoisotopic (exact) mass is 399 g/mol. The molecule has 0 radical (unpaired) electrons. The lowest BCUT2D eigenvalue weighted by molar-refractivity contribution is -0.0992. The molecule has 1 saturated heterocycles. The third-order valence-corrected chi connectivity index (χ3v) is 6.32. The van der Waals surface area contributed by atoms with Crippen LogP contribution in [0.2, 0.25) is 0 Å². The van der Waals surface area contributed by atoms with Gasteiger partial charge in [-0.2, -0.15) is 5.10 Å². The first-order chi connectivity index (χ1) is 14.0. The summed E-state index contributed by atoms with van der Waals surface area (Å²) in [5.74, 6) is 0.0865. The van der Waals surface area contributed by atoms with Crippen LogP contribution in [0.25, 0.3) is 0 Å². The predicted octanol–water partition coefficient (Wildman–Crippen LogP) is 1.36. The molecular weight excluding hydrogens is 374 g/mol. The van der Waals surface area contributed by atoms with E-state index < -0.39 is 0 Å². The van der Waals surface area contributed by atoms with Gasteiger partial charge in [-0.05, 0) is 32.6 Å². The average molecular weight is 399 g/mol. The van der Waals surface area contributed by atoms with Gasteiger partial charge in [0.1, 0.15) is 0 Å². The van der Waals surface area contributed by atoms with Crippen LogP contribution >= 0.6 is 0 Å². The molecule has 9 heteroatoms. The SMILES string of the molecule is Cc1ncoc1C(=O)N1CCC2(CC1)Cc1c(c(C(=O)NC3CC3)nn1C)CO2. The Morgan fingerprint density at radius 3 is 2.69 bits per heavy atom. The number of rotatable bonds is 3. The minimum atomic E-state index is -0.321. The molecule has 3 aliphatic rings. The Bertz CT molecular complexity index is 966. The van der Waals surface area contributed by atoms with Crippen molar-refractivity contribution in [3.63, 3.8) is 0 Å². The van der Waals surface area contributed by atoms with E-state index in [0.717, 1.165) is 36.9 Å². The Morgan fingerprint density at radius 1 is 1.28 bits per heavy atom. The number of carbonyl (C=O) groups is 2. The average Bonchev–Trinajstić information content (AvgIpc) is 3.33. The minimum Gasteiger partial charge on any atom is -0.438 e. The van der Waals surface area contributed by atoms with Crippen molar-refractivity contribution >= 4 is 11.8 Å². The van der Waals surface area contributed by atoms with Crippen LogP contribution < -0.4 is 5.32 Å². The summed E-state index contributed by atoms with van der Waals surface area (Å²) in [6.07, 6.45) is 5.57. The Labute approximate surface area is 168 Å². The van der Waals surface area contributed by atoms with Crippen molar-refractivity contribution in [3.05, 3.63) is 34.8 Å². The van der Waals surface area contributed by atoms with Gasteiger partial charge in [-0.3, -0.25) is 14.3 Å². The number of hydrogen-bond donors (Lipinski definition) is 1. The molecule has 9 nitrogen and oxygen atoms in total. The second-order valence-corrected chi connectivity index (χ2v) is 8.35. The highest BCUT2D eigenvalue weighted by atomic mass is 16.5. The fraction of sp³-hybridized carbons (Fsp3) is 0.600. The van der Waals surface area contributed by atoms with Gasteiger partial charge in [-0.25, -0.2) is 4.98 Å². The van der Waals surface area contributed by atoms with E-state index in [1.54, 1.807) is 11.8 Å². The van der Waals surface area contributed by atoms with E-state index in [-0.39, 0.29) is 17.4 Å². The first-order valence-electron chi connectivity index (χ1n) is 10.1. The number of amides is 2. The summed E-state index contributed by atoms with van der Waals surface area (Å²) >= 11 is 0. The van der Waals surface area contributed by atoms with E-state index in [0.29, 0.717) is 49.3 Å². The summed E-state index contributed by atoms with van der Waals surface area (Å²) in [5.41, 5.74) is 2.73. The van der Waals surface area contributed by atoms with Gasteiger partial charge in [-0.15, -0.1) is 0 Å². The van der Waals surface area contributed by atoms with Crippen molar-refractivity contribution in [1.29, 1.82) is 0 Å². The maximum Gasteiger partial charge on any atom is 0.291 e. The van der Waals surface area contributed by atoms with Crippen LogP contribution in [0.1, 0.15) is 63.7 Å². The molecule has 2 aliphatic heterocycles. The van der Waals surface area contributed by atoms with E-state index in [4.69, 9.17) is 9.15 Å². The van der Waals surface area contributed by atoms with Crippen LogP contribution in [0.4, 0.5) is 0 Å². The highest BCUT2D eigenvalue weighted by Crippen LogP contribution is 2.37. The summed E-state index contributed by atoms with van der Waals surface area (Å²) in [6.45, 7) is 3.35. The van der Waals surface area contributed by atoms with Crippen LogP contribution in [0.15, 0.2) is 10.8 Å². The molecule has 1 aliphatic carbocycles. The number of fused-ring (bicyclic) bond motifs is 1. The maximum absolute atomic E-state index is 12.7. The number of nitrogens with zero attached hydrogens (tertiary/aromatic N) is 4. The minimum absolute atomic E-state index is 0.105. The standard InChI is InChI=1S/C20H25N5O4/c1-12-17(28-11-21-12)19(27)25-7-5-20(6-8-25)9-15-14(10-29-20)16(23-24(15)2)18(26)22-13-3-4-13/h11,13H,3-10H2,1-2H3,(H,22,26). The number of nitrogens with one attached hydrogen (secondary N) is 1. The van der Waals surface area contributed by atoms with Gasteiger partial charge in [-0.1, -0.05) is 0 Å². The van der Waals surface area contributed by atoms with Gasteiger partial charge in [0.05, 0.1) is 17.9 Å². The van der Waals surface area contributed by atoms with E-state index in [9.17, 15) is 9.59 Å². The van der Waals surface area contributed by atoms with Crippen LogP contribution in [0.3, 0.4) is 0 Å². The van der Waals surface area contributed by atoms with E-state index in [1.807, 2.05) is 11.7 Å². The molecular formula is C20H25N5O4. The molecule has 29 heavy (non-hydrogen) atoms. The number of piperidine rings is 1. The highest BCUT2D eigenvalue weighted by molar-refractivity contribution is 5.94. The number of carbonyl (C=O) groups excluding carboxylic acids is 2. The molecule has 1 spiro atoms. The second-order valence-electron chi connectivity index (χ2n) is 8.35. The molecule has 2 aromatic heterocycles. The summed E-state index contributed by atoms with van der Waals surface area (Å²) in [5, 5.41) is 7.49. The van der Waals surface area contributed by atoms with Gasteiger partial charge in [0.2, 0.25) is 5.76 Å². The number of hydrogen-bond acceptors (Lipinski definition) is 6. The van der Waals surface area contributed by atoms with Crippen molar-refractivity contribution in [3.8, 4) is 0 Å². The zero-order valence-electron chi connectivity index (χ0n) is 16.7. The van der Waals surface area contributed by atoms with Gasteiger partial charge in [0.25, 0.3) is 11.8 Å². The predicted molar refractivity (Wildman–Crippen MR) is 101 cm³/mol. The first kappa shape index (κ1) is 18.4. The van der Waals surface area contributed by atoms with Crippen LogP contribution in [0.5, 0.6) is 0 Å². The molecule has 0 atom stereocenters. The summed E-state index contributed by atoms with van der Waals surface area (Å²) in [6, 6.07) is 0.297. The molecule has 154 valence electrons. The normalized spacial score (nSPS) is 20.6. The highest BCUT2D eigenvalue weighted by Gasteiger charge is 2.43. The smallest absolute Gasteiger partial charge is 0.291 e. The van der Waals surface area contributed by atoms with Crippen molar-refractivity contribution in [1.82, 2.24) is 25.0 Å². The zero-order valence-corrected chi connectivity index (χ0v) is 16.7. The number of ether oxygens (including phenoxy) is 1. The molecule has 0 bridgehead atoms. The fourth-order valence-corrected chi connectivity index (χ4v) is 4.31. The number of likely N-dealkylation sites (tertiary alicyclic amines) is 1. The third kappa shape index (κ3) is 3.23. The van der Waals surface area contributed by atoms with Crippen molar-refractivity contribution in [2.24, 2.45) is 7.05 Å². The lowest BCUT2D eigenvalue weighted by atomic mass is 9.83. The quantitative estimate of drug-likeness (QED) is 0.836. The maximum atomic E-state index is 12.7. The Balaban J connectivity index is 1.29. The van der Waals surface area contributed by atoms with E-state index in [2.05, 4.69) is 15.4 Å². The molecule has 0 aromatic carbocycles. The van der Waals surface area contributed by atoms with Crippen molar-refractivity contribution in [2.45, 2.75) is 57.3 Å². The Hall–Kier alpha value is -2.68. The summed E-state index contributed by atoms with van der Waals surface area (Å²) in [4.78, 5) is 31.0. The molecule has 2 fully saturated rings. The molecule has 0 unspecified atom stereocenters. The summed E-state index contributed by atoms with van der Waals surface area (Å²) in [7, 11) is 1.89. The number of aryl methyl sites for hydroxylation is 2. The largest absolute Gasteiger partial charge is 0.438 e. The van der Waals surface area contributed by atoms with Crippen LogP contribution in [-0.4, -0.2) is 56.2 Å². The summed E-state index contributed by atoms with van der Waals surface area (Å²) < 4.78 is 13.4. The van der Waals surface area contributed by atoms with E-state index >= 15 is 0 Å². The fourth-order valence-electron chi connectivity index (χ4n) is 4.31. The van der Waals surface area contributed by atoms with Gasteiger partial charge in [0, 0.05) is 43.9 Å². The van der Waals surface area contributed by atoms with Crippen LogP contribution in [-0.2, 0) is 24.8 Å². The molecule has 1 saturated carbocycles. The van der Waals surface area contributed by atoms with Crippen molar-refractivity contribution < 1.29 is 18.7 Å². The zero-order chi connectivity index (χ0) is 20.2.